The number of ether oxygens (including phenoxy) is 1. The van der Waals surface area contributed by atoms with Gasteiger partial charge in [0.1, 0.15) is 0 Å². The summed E-state index contributed by atoms with van der Waals surface area (Å²) in [6, 6.07) is 4.10. The van der Waals surface area contributed by atoms with Crippen LogP contribution in [0.25, 0.3) is 0 Å². The molecule has 0 radical (unpaired) electrons. The van der Waals surface area contributed by atoms with Gasteiger partial charge in [0.15, 0.2) is 0 Å². The lowest BCUT2D eigenvalue weighted by molar-refractivity contribution is -0.384. The van der Waals surface area contributed by atoms with Gasteiger partial charge in [0.05, 0.1) is 10.5 Å². The number of benzene rings is 1. The van der Waals surface area contributed by atoms with Crippen molar-refractivity contribution >= 4 is 35.6 Å². The standard InChI is InChI=1S/C13H16ClN3O4.ClH/c14-11-2-1-10(17(19)20)7-9(11)8-16-12(18)13(15)3-5-21-6-4-13;/h1-2,7H,3-6,8,15H2,(H,16,18);1H. The molecular weight excluding hydrogens is 333 g/mol. The number of carbonyl (C=O) groups is 1. The van der Waals surface area contributed by atoms with E-state index >= 15 is 0 Å². The van der Waals surface area contributed by atoms with Gasteiger partial charge in [-0.25, -0.2) is 0 Å². The van der Waals surface area contributed by atoms with Gasteiger partial charge in [-0.15, -0.1) is 12.4 Å². The molecule has 0 saturated carbocycles. The van der Waals surface area contributed by atoms with Gasteiger partial charge in [0, 0.05) is 36.9 Å². The number of nitrogens with zero attached hydrogens (tertiary/aromatic N) is 1. The molecule has 1 amide bonds. The van der Waals surface area contributed by atoms with E-state index in [2.05, 4.69) is 5.32 Å². The topological polar surface area (TPSA) is 107 Å². The minimum absolute atomic E-state index is 0. The van der Waals surface area contributed by atoms with Gasteiger partial charge in [-0.1, -0.05) is 11.6 Å². The molecule has 0 bridgehead atoms. The van der Waals surface area contributed by atoms with E-state index in [4.69, 9.17) is 22.1 Å². The normalized spacial score (nSPS) is 16.5. The molecule has 1 aromatic rings. The van der Waals surface area contributed by atoms with Crippen LogP contribution >= 0.6 is 24.0 Å². The molecule has 22 heavy (non-hydrogen) atoms. The van der Waals surface area contributed by atoms with E-state index in [9.17, 15) is 14.9 Å². The van der Waals surface area contributed by atoms with E-state index in [0.29, 0.717) is 36.6 Å². The first-order chi connectivity index (χ1) is 9.92. The molecule has 2 rings (SSSR count). The van der Waals surface area contributed by atoms with Crippen molar-refractivity contribution in [2.24, 2.45) is 5.73 Å². The minimum atomic E-state index is -0.953. The molecule has 0 atom stereocenters. The third kappa shape index (κ3) is 4.30. The van der Waals surface area contributed by atoms with Crippen LogP contribution in [0.5, 0.6) is 0 Å². The lowest BCUT2D eigenvalue weighted by atomic mass is 9.90. The average Bonchev–Trinajstić information content (AvgIpc) is 2.46. The van der Waals surface area contributed by atoms with E-state index in [1.807, 2.05) is 0 Å². The molecule has 0 unspecified atom stereocenters. The number of rotatable bonds is 4. The van der Waals surface area contributed by atoms with Crippen LogP contribution in [-0.4, -0.2) is 29.6 Å². The molecule has 3 N–H and O–H groups in total. The molecule has 0 aromatic heterocycles. The number of nitro groups is 1. The van der Waals surface area contributed by atoms with E-state index in [1.54, 1.807) is 0 Å². The number of nitrogens with one attached hydrogen (secondary N) is 1. The number of halogens is 2. The van der Waals surface area contributed by atoms with Crippen molar-refractivity contribution in [3.63, 3.8) is 0 Å². The van der Waals surface area contributed by atoms with Crippen molar-refractivity contribution in [2.75, 3.05) is 13.2 Å². The maximum absolute atomic E-state index is 12.2. The summed E-state index contributed by atoms with van der Waals surface area (Å²) in [5.41, 5.74) is 5.51. The first kappa shape index (κ1) is 18.6. The van der Waals surface area contributed by atoms with Gasteiger partial charge in [-0.3, -0.25) is 14.9 Å². The van der Waals surface area contributed by atoms with E-state index in [0.717, 1.165) is 0 Å². The maximum Gasteiger partial charge on any atom is 0.269 e. The summed E-state index contributed by atoms with van der Waals surface area (Å²) in [6.07, 6.45) is 0.892. The maximum atomic E-state index is 12.2. The number of nitrogens with two attached hydrogens (primary N) is 1. The van der Waals surface area contributed by atoms with Crippen LogP contribution in [-0.2, 0) is 16.1 Å². The van der Waals surface area contributed by atoms with Crippen LogP contribution in [0.4, 0.5) is 5.69 Å². The zero-order valence-electron chi connectivity index (χ0n) is 11.7. The van der Waals surface area contributed by atoms with E-state index < -0.39 is 10.5 Å². The van der Waals surface area contributed by atoms with Crippen LogP contribution in [0.15, 0.2) is 18.2 Å². The number of hydrogen-bond donors (Lipinski definition) is 2. The molecule has 0 spiro atoms. The molecule has 7 nitrogen and oxygen atoms in total. The van der Waals surface area contributed by atoms with Gasteiger partial charge in [0.2, 0.25) is 5.91 Å². The van der Waals surface area contributed by atoms with Crippen molar-refractivity contribution in [3.05, 3.63) is 38.9 Å². The van der Waals surface area contributed by atoms with Gasteiger partial charge >= 0.3 is 0 Å². The van der Waals surface area contributed by atoms with Crippen molar-refractivity contribution < 1.29 is 14.5 Å². The number of hydrogen-bond acceptors (Lipinski definition) is 5. The molecule has 1 aliphatic rings. The highest BCUT2D eigenvalue weighted by Gasteiger charge is 2.35. The molecule has 122 valence electrons. The van der Waals surface area contributed by atoms with Gasteiger partial charge in [0.25, 0.3) is 5.69 Å². The number of amides is 1. The summed E-state index contributed by atoms with van der Waals surface area (Å²) in [4.78, 5) is 22.4. The first-order valence-electron chi connectivity index (χ1n) is 6.50. The minimum Gasteiger partial charge on any atom is -0.381 e. The third-order valence-corrected chi connectivity index (χ3v) is 3.89. The summed E-state index contributed by atoms with van der Waals surface area (Å²) in [5.74, 6) is -0.298. The molecule has 1 aliphatic heterocycles. The first-order valence-corrected chi connectivity index (χ1v) is 6.88. The highest BCUT2D eigenvalue weighted by Crippen LogP contribution is 2.23. The van der Waals surface area contributed by atoms with Crippen LogP contribution in [0.3, 0.4) is 0 Å². The van der Waals surface area contributed by atoms with Gasteiger partial charge in [-0.2, -0.15) is 0 Å². The molecule has 0 aliphatic carbocycles. The molecule has 1 fully saturated rings. The highest BCUT2D eigenvalue weighted by molar-refractivity contribution is 6.31. The Hall–Kier alpha value is -1.41. The Morgan fingerprint density at radius 1 is 1.45 bits per heavy atom. The van der Waals surface area contributed by atoms with Crippen molar-refractivity contribution in [1.29, 1.82) is 0 Å². The van der Waals surface area contributed by atoms with Gasteiger partial charge in [-0.05, 0) is 24.5 Å². The Bertz CT molecular complexity index is 562. The summed E-state index contributed by atoms with van der Waals surface area (Å²) >= 11 is 5.98. The quantitative estimate of drug-likeness (QED) is 0.636. The fourth-order valence-corrected chi connectivity index (χ4v) is 2.31. The number of carbonyl (C=O) groups excluding carboxylic acids is 1. The van der Waals surface area contributed by atoms with E-state index in [-0.39, 0.29) is 30.5 Å². The Labute approximate surface area is 138 Å². The highest BCUT2D eigenvalue weighted by atomic mass is 35.5. The van der Waals surface area contributed by atoms with Crippen LogP contribution in [0.1, 0.15) is 18.4 Å². The second kappa shape index (κ2) is 7.73. The van der Waals surface area contributed by atoms with Crippen molar-refractivity contribution in [1.82, 2.24) is 5.32 Å². The lowest BCUT2D eigenvalue weighted by Crippen LogP contribution is -2.56. The largest absolute Gasteiger partial charge is 0.381 e. The fourth-order valence-electron chi connectivity index (χ4n) is 2.12. The SMILES string of the molecule is Cl.NC1(C(=O)NCc2cc([N+](=O)[O-])ccc2Cl)CCOCC1. The molecule has 1 aromatic carbocycles. The second-order valence-corrected chi connectivity index (χ2v) is 5.39. The zero-order chi connectivity index (χ0) is 15.5. The van der Waals surface area contributed by atoms with Crippen molar-refractivity contribution in [2.45, 2.75) is 24.9 Å². The Morgan fingerprint density at radius 2 is 2.09 bits per heavy atom. The zero-order valence-corrected chi connectivity index (χ0v) is 13.3. The predicted octanol–water partition coefficient (Wildman–Crippen LogP) is 1.79. The van der Waals surface area contributed by atoms with Gasteiger partial charge < -0.3 is 15.8 Å². The average molecular weight is 350 g/mol. The number of nitro benzene ring substituents is 1. The Morgan fingerprint density at radius 3 is 2.68 bits per heavy atom. The smallest absolute Gasteiger partial charge is 0.269 e. The van der Waals surface area contributed by atoms with Crippen LogP contribution in [0, 0.1) is 10.1 Å². The van der Waals surface area contributed by atoms with E-state index in [1.165, 1.54) is 18.2 Å². The van der Waals surface area contributed by atoms with Crippen molar-refractivity contribution in [3.8, 4) is 0 Å². The summed E-state index contributed by atoms with van der Waals surface area (Å²) in [6.45, 7) is 0.988. The number of non-ortho nitro benzene ring substituents is 1. The molecular formula is C13H17Cl2N3O4. The fraction of sp³-hybridized carbons (Fsp3) is 0.462. The molecule has 1 heterocycles. The predicted molar refractivity (Wildman–Crippen MR) is 84.2 cm³/mol. The third-order valence-electron chi connectivity index (χ3n) is 3.52. The summed E-state index contributed by atoms with van der Waals surface area (Å²) < 4.78 is 5.18. The Balaban J connectivity index is 0.00000242. The Kier molecular flexibility index (Phi) is 6.55. The van der Waals surface area contributed by atoms with Crippen LogP contribution < -0.4 is 11.1 Å². The second-order valence-electron chi connectivity index (χ2n) is 4.98. The summed E-state index contributed by atoms with van der Waals surface area (Å²) in [7, 11) is 0. The van der Waals surface area contributed by atoms with Crippen LogP contribution in [0.2, 0.25) is 5.02 Å². The molecule has 1 saturated heterocycles. The molecule has 9 heteroatoms. The monoisotopic (exact) mass is 349 g/mol. The summed E-state index contributed by atoms with van der Waals surface area (Å²) in [5, 5.41) is 13.8. The lowest BCUT2D eigenvalue weighted by Gasteiger charge is -2.31.